The van der Waals surface area contributed by atoms with Gasteiger partial charge in [-0.05, 0) is 72.9 Å². The van der Waals surface area contributed by atoms with E-state index < -0.39 is 5.97 Å². The van der Waals surface area contributed by atoms with Gasteiger partial charge in [-0.15, -0.1) is 0 Å². The van der Waals surface area contributed by atoms with Gasteiger partial charge in [-0.1, -0.05) is 49.7 Å². The minimum absolute atomic E-state index is 0.0390. The smallest absolute Gasteiger partial charge is 0.335 e. The number of ether oxygens (including phenoxy) is 1. The van der Waals surface area contributed by atoms with Crippen molar-refractivity contribution >= 4 is 34.5 Å². The van der Waals surface area contributed by atoms with Gasteiger partial charge in [-0.3, -0.25) is 9.69 Å². The van der Waals surface area contributed by atoms with Gasteiger partial charge < -0.3 is 19.3 Å². The summed E-state index contributed by atoms with van der Waals surface area (Å²) in [5.74, 6) is -0.0243. The summed E-state index contributed by atoms with van der Waals surface area (Å²) in [6.07, 6.45) is 1.78. The summed E-state index contributed by atoms with van der Waals surface area (Å²) in [5, 5.41) is 10.2. The van der Waals surface area contributed by atoms with E-state index in [1.54, 1.807) is 18.2 Å². The van der Waals surface area contributed by atoms with E-state index in [9.17, 15) is 14.7 Å². The molecule has 4 aromatic rings. The molecule has 0 bridgehead atoms. The van der Waals surface area contributed by atoms with E-state index in [-0.39, 0.29) is 17.6 Å². The van der Waals surface area contributed by atoms with Crippen molar-refractivity contribution in [3.8, 4) is 0 Å². The lowest BCUT2D eigenvalue weighted by Gasteiger charge is -2.35. The molecule has 2 aliphatic rings. The predicted octanol–water partition coefficient (Wildman–Crippen LogP) is 6.06. The summed E-state index contributed by atoms with van der Waals surface area (Å²) < 4.78 is 7.79. The van der Waals surface area contributed by atoms with Crippen LogP contribution in [0.15, 0.2) is 60.7 Å². The molecule has 2 fully saturated rings. The van der Waals surface area contributed by atoms with Crippen molar-refractivity contribution in [2.45, 2.75) is 52.8 Å². The van der Waals surface area contributed by atoms with Crippen LogP contribution in [-0.4, -0.2) is 75.2 Å². The van der Waals surface area contributed by atoms with E-state index >= 15 is 0 Å². The number of amides is 1. The van der Waals surface area contributed by atoms with Crippen molar-refractivity contribution in [3.05, 3.63) is 99.3 Å². The van der Waals surface area contributed by atoms with Gasteiger partial charge in [0.1, 0.15) is 5.82 Å². The molecule has 226 valence electrons. The molecule has 0 radical (unpaired) electrons. The summed E-state index contributed by atoms with van der Waals surface area (Å²) in [6.45, 7) is 10.8. The van der Waals surface area contributed by atoms with Crippen molar-refractivity contribution in [2.24, 2.45) is 0 Å². The number of hydrogen-bond acceptors (Lipinski definition) is 5. The summed E-state index contributed by atoms with van der Waals surface area (Å²) in [6, 6.07) is 19.0. The molecule has 0 spiro atoms. The minimum atomic E-state index is -0.952. The molecule has 9 heteroatoms. The van der Waals surface area contributed by atoms with Gasteiger partial charge in [0.15, 0.2) is 0 Å². The van der Waals surface area contributed by atoms with Crippen LogP contribution in [-0.2, 0) is 24.2 Å². The number of aryl methyl sites for hydroxylation is 1. The first-order valence-corrected chi connectivity index (χ1v) is 15.4. The van der Waals surface area contributed by atoms with Crippen LogP contribution in [0, 0.1) is 6.92 Å². The summed E-state index contributed by atoms with van der Waals surface area (Å²) >= 11 is 6.45. The molecule has 1 unspecified atom stereocenters. The molecule has 2 saturated heterocycles. The fourth-order valence-corrected chi connectivity index (χ4v) is 5.89. The molecule has 0 saturated carbocycles. The second-order valence-corrected chi connectivity index (χ2v) is 11.4. The van der Waals surface area contributed by atoms with Gasteiger partial charge in [-0.25, -0.2) is 9.78 Å². The number of rotatable bonds is 8. The first kappa shape index (κ1) is 30.7. The Balaban J connectivity index is 0.00000180. The third-order valence-electron chi connectivity index (χ3n) is 8.06. The molecule has 43 heavy (non-hydrogen) atoms. The highest BCUT2D eigenvalue weighted by Gasteiger charge is 2.26. The van der Waals surface area contributed by atoms with E-state index in [1.165, 1.54) is 0 Å². The van der Waals surface area contributed by atoms with Crippen LogP contribution in [0.2, 0.25) is 5.02 Å². The quantitative estimate of drug-likeness (QED) is 0.264. The van der Waals surface area contributed by atoms with Crippen LogP contribution in [0.5, 0.6) is 0 Å². The Kier molecular flexibility index (Phi) is 9.80. The SMILES string of the molecule is CC.Cc1ccc(Cc2cccc(C(=O)N3CCN(Cc4nc5ccc(C(=O)O)cc5n4CC4CCO4)CC3)c2)c(Cl)c1. The molecular weight excluding hydrogens is 564 g/mol. The van der Waals surface area contributed by atoms with Crippen molar-refractivity contribution in [1.29, 1.82) is 0 Å². The molecule has 1 amide bonds. The van der Waals surface area contributed by atoms with Crippen LogP contribution < -0.4 is 0 Å². The lowest BCUT2D eigenvalue weighted by Crippen LogP contribution is -2.48. The number of imidazole rings is 1. The maximum atomic E-state index is 13.4. The average molecular weight is 603 g/mol. The lowest BCUT2D eigenvalue weighted by atomic mass is 10.0. The predicted molar refractivity (Wildman–Crippen MR) is 169 cm³/mol. The molecule has 1 N–H and O–H groups in total. The second kappa shape index (κ2) is 13.7. The van der Waals surface area contributed by atoms with Crippen LogP contribution >= 0.6 is 11.6 Å². The van der Waals surface area contributed by atoms with Gasteiger partial charge in [0.25, 0.3) is 5.91 Å². The Labute approximate surface area is 257 Å². The summed E-state index contributed by atoms with van der Waals surface area (Å²) in [7, 11) is 0. The normalized spacial score (nSPS) is 16.8. The first-order valence-electron chi connectivity index (χ1n) is 15.0. The molecule has 1 atom stereocenters. The zero-order valence-corrected chi connectivity index (χ0v) is 25.8. The third kappa shape index (κ3) is 7.09. The fraction of sp³-hybridized carbons (Fsp3) is 0.382. The molecule has 2 aliphatic heterocycles. The zero-order valence-electron chi connectivity index (χ0n) is 25.1. The van der Waals surface area contributed by atoms with Gasteiger partial charge >= 0.3 is 5.97 Å². The Morgan fingerprint density at radius 1 is 1.00 bits per heavy atom. The summed E-state index contributed by atoms with van der Waals surface area (Å²) in [5.41, 5.74) is 5.76. The number of nitrogens with zero attached hydrogens (tertiary/aromatic N) is 4. The van der Waals surface area contributed by atoms with E-state index in [0.717, 1.165) is 64.7 Å². The van der Waals surface area contributed by atoms with Gasteiger partial charge in [0.2, 0.25) is 0 Å². The van der Waals surface area contributed by atoms with Crippen molar-refractivity contribution in [3.63, 3.8) is 0 Å². The number of hydrogen-bond donors (Lipinski definition) is 1. The summed E-state index contributed by atoms with van der Waals surface area (Å²) in [4.78, 5) is 34.1. The van der Waals surface area contributed by atoms with E-state index in [0.29, 0.717) is 38.2 Å². The number of carbonyl (C=O) groups is 2. The molecule has 3 aromatic carbocycles. The number of carboxylic acids is 1. The van der Waals surface area contributed by atoms with Crippen LogP contribution in [0.25, 0.3) is 11.0 Å². The van der Waals surface area contributed by atoms with Crippen molar-refractivity contribution in [2.75, 3.05) is 32.8 Å². The van der Waals surface area contributed by atoms with E-state index in [4.69, 9.17) is 21.3 Å². The second-order valence-electron chi connectivity index (χ2n) is 11.0. The number of benzene rings is 3. The van der Waals surface area contributed by atoms with Gasteiger partial charge in [0, 0.05) is 43.4 Å². The zero-order chi connectivity index (χ0) is 30.5. The fourth-order valence-electron chi connectivity index (χ4n) is 5.58. The van der Waals surface area contributed by atoms with Crippen molar-refractivity contribution < 1.29 is 19.4 Å². The standard InChI is InChI=1S/C32H33ClN4O4.C2H6/c1-21-5-6-23(27(33)15-21)16-22-3-2-4-24(17-22)31(38)36-12-10-35(11-13-36)20-30-34-28-8-7-25(32(39)40)18-29(28)37(30)19-26-9-14-41-26;1-2/h2-8,15,17-18,26H,9-14,16,19-20H2,1H3,(H,39,40);1-2H3. The Bertz CT molecular complexity index is 1610. The van der Waals surface area contributed by atoms with E-state index in [1.807, 2.05) is 62.1 Å². The van der Waals surface area contributed by atoms with E-state index in [2.05, 4.69) is 15.5 Å². The Morgan fingerprint density at radius 2 is 1.77 bits per heavy atom. The number of halogens is 1. The number of aromatic carboxylic acids is 1. The molecule has 3 heterocycles. The number of fused-ring (bicyclic) bond motifs is 1. The third-order valence-corrected chi connectivity index (χ3v) is 8.41. The van der Waals surface area contributed by atoms with Crippen LogP contribution in [0.4, 0.5) is 0 Å². The van der Waals surface area contributed by atoms with Gasteiger partial charge in [-0.2, -0.15) is 0 Å². The number of aromatic nitrogens is 2. The highest BCUT2D eigenvalue weighted by atomic mass is 35.5. The molecule has 6 rings (SSSR count). The highest BCUT2D eigenvalue weighted by Crippen LogP contribution is 2.25. The van der Waals surface area contributed by atoms with Gasteiger partial charge in [0.05, 0.1) is 35.8 Å². The monoisotopic (exact) mass is 602 g/mol. The number of piperazine rings is 1. The van der Waals surface area contributed by atoms with Crippen LogP contribution in [0.3, 0.4) is 0 Å². The number of carboxylic acid groups (broad SMARTS) is 1. The van der Waals surface area contributed by atoms with Crippen molar-refractivity contribution in [1.82, 2.24) is 19.4 Å². The highest BCUT2D eigenvalue weighted by molar-refractivity contribution is 6.31. The first-order chi connectivity index (χ1) is 20.8. The largest absolute Gasteiger partial charge is 0.478 e. The lowest BCUT2D eigenvalue weighted by molar-refractivity contribution is -0.0592. The topological polar surface area (TPSA) is 87.9 Å². The van der Waals surface area contributed by atoms with Crippen LogP contribution in [0.1, 0.15) is 63.5 Å². The molecule has 8 nitrogen and oxygen atoms in total. The molecular formula is C34H39ClN4O4. The molecule has 0 aliphatic carbocycles. The Morgan fingerprint density at radius 3 is 2.44 bits per heavy atom. The Hall–Kier alpha value is -3.72. The maximum Gasteiger partial charge on any atom is 0.335 e. The molecule has 1 aromatic heterocycles. The number of carbonyl (C=O) groups excluding carboxylic acids is 1. The minimum Gasteiger partial charge on any atom is -0.478 e. The average Bonchev–Trinajstić information content (AvgIpc) is 3.33. The maximum absolute atomic E-state index is 13.4.